The average Bonchev–Trinajstić information content (AvgIpc) is 3.12. The maximum atomic E-state index is 5.44. The van der Waals surface area contributed by atoms with E-state index in [4.69, 9.17) is 9.73 Å². The first kappa shape index (κ1) is 21.8. The Balaban J connectivity index is 0.00000312. The number of ether oxygens (including phenoxy) is 1. The molecule has 0 atom stereocenters. The van der Waals surface area contributed by atoms with Crippen LogP contribution < -0.4 is 15.5 Å². The Bertz CT molecular complexity index is 579. The molecule has 1 aromatic carbocycles. The summed E-state index contributed by atoms with van der Waals surface area (Å²) in [6.07, 6.45) is 4.41. The molecule has 0 aliphatic carbocycles. The van der Waals surface area contributed by atoms with Crippen molar-refractivity contribution in [2.45, 2.75) is 32.9 Å². The molecule has 0 radical (unpaired) electrons. The van der Waals surface area contributed by atoms with Gasteiger partial charge in [0.2, 0.25) is 0 Å². The molecular weight excluding hydrogens is 427 g/mol. The molecule has 6 heteroatoms. The lowest BCUT2D eigenvalue weighted by Gasteiger charge is -2.24. The highest BCUT2D eigenvalue weighted by molar-refractivity contribution is 14.0. The molecule has 1 aromatic rings. The maximum Gasteiger partial charge on any atom is 0.191 e. The molecule has 0 bridgehead atoms. The second-order valence-corrected chi connectivity index (χ2v) is 6.56. The molecule has 0 amide bonds. The number of guanidine groups is 1. The van der Waals surface area contributed by atoms with Gasteiger partial charge in [0, 0.05) is 39.0 Å². The summed E-state index contributed by atoms with van der Waals surface area (Å²) in [5, 5.41) is 6.63. The molecule has 0 saturated heterocycles. The summed E-state index contributed by atoms with van der Waals surface area (Å²) in [6.45, 7) is 10.3. The number of benzene rings is 1. The van der Waals surface area contributed by atoms with E-state index >= 15 is 0 Å². The molecule has 0 unspecified atom stereocenters. The monoisotopic (exact) mass is 458 g/mol. The highest BCUT2D eigenvalue weighted by Gasteiger charge is 2.16. The molecule has 2 rings (SSSR count). The van der Waals surface area contributed by atoms with Crippen molar-refractivity contribution in [3.63, 3.8) is 0 Å². The van der Waals surface area contributed by atoms with Crippen LogP contribution in [0.1, 0.15) is 26.3 Å². The number of aliphatic imine (C=N–C) groups is 1. The topological polar surface area (TPSA) is 48.9 Å². The number of rotatable bonds is 7. The average molecular weight is 458 g/mol. The molecule has 25 heavy (non-hydrogen) atoms. The van der Waals surface area contributed by atoms with Gasteiger partial charge in [-0.3, -0.25) is 0 Å². The van der Waals surface area contributed by atoms with E-state index in [1.807, 2.05) is 0 Å². The van der Waals surface area contributed by atoms with E-state index in [0.29, 0.717) is 13.1 Å². The van der Waals surface area contributed by atoms with Crippen molar-refractivity contribution in [2.24, 2.45) is 4.99 Å². The van der Waals surface area contributed by atoms with Gasteiger partial charge in [-0.1, -0.05) is 24.3 Å². The quantitative estimate of drug-likeness (QED) is 0.285. The van der Waals surface area contributed by atoms with Crippen molar-refractivity contribution in [3.05, 3.63) is 42.0 Å². The highest BCUT2D eigenvalue weighted by atomic mass is 127. The zero-order valence-corrected chi connectivity index (χ0v) is 18.0. The van der Waals surface area contributed by atoms with Gasteiger partial charge in [-0.05, 0) is 38.5 Å². The molecule has 1 aliphatic heterocycles. The zero-order chi connectivity index (χ0) is 17.4. The van der Waals surface area contributed by atoms with Gasteiger partial charge in [-0.2, -0.15) is 0 Å². The van der Waals surface area contributed by atoms with Crippen molar-refractivity contribution < 1.29 is 4.74 Å². The van der Waals surface area contributed by atoms with Crippen LogP contribution in [0.4, 0.5) is 5.69 Å². The largest absolute Gasteiger partial charge is 0.377 e. The minimum Gasteiger partial charge on any atom is -0.377 e. The van der Waals surface area contributed by atoms with Gasteiger partial charge in [-0.25, -0.2) is 4.99 Å². The Morgan fingerprint density at radius 3 is 2.60 bits per heavy atom. The van der Waals surface area contributed by atoms with E-state index in [0.717, 1.165) is 25.6 Å². The number of nitrogens with zero attached hydrogens (tertiary/aromatic N) is 2. The summed E-state index contributed by atoms with van der Waals surface area (Å²) < 4.78 is 5.44. The summed E-state index contributed by atoms with van der Waals surface area (Å²) in [7, 11) is 1.73. The Hall–Kier alpha value is -1.28. The van der Waals surface area contributed by atoms with E-state index in [2.05, 4.69) is 72.7 Å². The van der Waals surface area contributed by atoms with Crippen LogP contribution in [0.3, 0.4) is 0 Å². The van der Waals surface area contributed by atoms with E-state index in [1.165, 1.54) is 11.3 Å². The van der Waals surface area contributed by atoms with Gasteiger partial charge in [0.15, 0.2) is 5.96 Å². The van der Waals surface area contributed by atoms with Crippen LogP contribution in [0.15, 0.2) is 41.4 Å². The normalized spacial score (nSPS) is 14.4. The maximum absolute atomic E-state index is 5.44. The molecule has 1 heterocycles. The first-order valence-corrected chi connectivity index (χ1v) is 8.60. The Morgan fingerprint density at radius 1 is 1.24 bits per heavy atom. The predicted octanol–water partition coefficient (Wildman–Crippen LogP) is 3.16. The molecule has 5 nitrogen and oxygen atoms in total. The summed E-state index contributed by atoms with van der Waals surface area (Å²) in [4.78, 5) is 7.04. The molecule has 0 fully saturated rings. The smallest absolute Gasteiger partial charge is 0.191 e. The van der Waals surface area contributed by atoms with Crippen molar-refractivity contribution >= 4 is 35.6 Å². The van der Waals surface area contributed by atoms with Gasteiger partial charge in [0.05, 0.1) is 12.1 Å². The van der Waals surface area contributed by atoms with E-state index < -0.39 is 0 Å². The molecule has 140 valence electrons. The van der Waals surface area contributed by atoms with Crippen LogP contribution in [0.2, 0.25) is 0 Å². The zero-order valence-electron chi connectivity index (χ0n) is 15.7. The van der Waals surface area contributed by atoms with Crippen molar-refractivity contribution in [1.29, 1.82) is 0 Å². The SMILES string of the molecule is CCNC(=NCc1cccc(N2CC=CC2)c1)NCC(C)(C)OC.I. The van der Waals surface area contributed by atoms with Crippen LogP contribution in [-0.4, -0.2) is 44.8 Å². The molecular formula is C19H31IN4O. The minimum absolute atomic E-state index is 0. The fourth-order valence-corrected chi connectivity index (χ4v) is 2.42. The molecule has 0 aromatic heterocycles. The molecule has 1 aliphatic rings. The lowest BCUT2D eigenvalue weighted by molar-refractivity contribution is 0.0268. The summed E-state index contributed by atoms with van der Waals surface area (Å²) in [6, 6.07) is 8.61. The van der Waals surface area contributed by atoms with Crippen molar-refractivity contribution in [2.75, 3.05) is 38.2 Å². The summed E-state index contributed by atoms with van der Waals surface area (Å²) >= 11 is 0. The first-order valence-electron chi connectivity index (χ1n) is 8.60. The standard InChI is InChI=1S/C19H30N4O.HI/c1-5-20-18(22-15-19(2,3)24-4)21-14-16-9-8-10-17(13-16)23-11-6-7-12-23;/h6-10,13H,5,11-12,14-15H2,1-4H3,(H2,20,21,22);1H. The summed E-state index contributed by atoms with van der Waals surface area (Å²) in [5.41, 5.74) is 2.24. The first-order chi connectivity index (χ1) is 11.5. The number of hydrogen-bond donors (Lipinski definition) is 2. The van der Waals surface area contributed by atoms with Gasteiger partial charge in [-0.15, -0.1) is 24.0 Å². The van der Waals surface area contributed by atoms with Crippen LogP contribution in [-0.2, 0) is 11.3 Å². The van der Waals surface area contributed by atoms with Crippen molar-refractivity contribution in [3.8, 4) is 0 Å². The van der Waals surface area contributed by atoms with Crippen LogP contribution in [0, 0.1) is 0 Å². The molecule has 0 saturated carbocycles. The second-order valence-electron chi connectivity index (χ2n) is 6.56. The fraction of sp³-hybridized carbons (Fsp3) is 0.526. The Kier molecular flexibility index (Phi) is 9.27. The third-order valence-electron chi connectivity index (χ3n) is 4.09. The predicted molar refractivity (Wildman–Crippen MR) is 117 cm³/mol. The lowest BCUT2D eigenvalue weighted by Crippen LogP contribution is -2.45. The van der Waals surface area contributed by atoms with Crippen molar-refractivity contribution in [1.82, 2.24) is 10.6 Å². The third kappa shape index (κ3) is 7.23. The molecule has 0 spiro atoms. The van der Waals surface area contributed by atoms with E-state index in [-0.39, 0.29) is 29.6 Å². The fourth-order valence-electron chi connectivity index (χ4n) is 2.42. The number of anilines is 1. The number of nitrogens with one attached hydrogen (secondary N) is 2. The Labute approximate surface area is 168 Å². The van der Waals surface area contributed by atoms with E-state index in [1.54, 1.807) is 7.11 Å². The number of hydrogen-bond acceptors (Lipinski definition) is 3. The lowest BCUT2D eigenvalue weighted by atomic mass is 10.1. The van der Waals surface area contributed by atoms with Gasteiger partial charge >= 0.3 is 0 Å². The number of halogens is 1. The van der Waals surface area contributed by atoms with Crippen LogP contribution in [0.5, 0.6) is 0 Å². The Morgan fingerprint density at radius 2 is 1.96 bits per heavy atom. The second kappa shape index (κ2) is 10.7. The third-order valence-corrected chi connectivity index (χ3v) is 4.09. The summed E-state index contributed by atoms with van der Waals surface area (Å²) in [5.74, 6) is 0.816. The highest BCUT2D eigenvalue weighted by Crippen LogP contribution is 2.18. The number of methoxy groups -OCH3 is 1. The van der Waals surface area contributed by atoms with E-state index in [9.17, 15) is 0 Å². The van der Waals surface area contributed by atoms with Gasteiger partial charge in [0.25, 0.3) is 0 Å². The van der Waals surface area contributed by atoms with Crippen LogP contribution in [0.25, 0.3) is 0 Å². The minimum atomic E-state index is -0.223. The van der Waals surface area contributed by atoms with Crippen LogP contribution >= 0.6 is 24.0 Å². The van der Waals surface area contributed by atoms with Gasteiger partial charge < -0.3 is 20.3 Å². The molecule has 2 N–H and O–H groups in total. The van der Waals surface area contributed by atoms with Gasteiger partial charge in [0.1, 0.15) is 0 Å².